The van der Waals surface area contributed by atoms with E-state index in [1.165, 1.54) is 18.2 Å². The van der Waals surface area contributed by atoms with Gasteiger partial charge in [0.15, 0.2) is 0 Å². The van der Waals surface area contributed by atoms with Gasteiger partial charge < -0.3 is 5.32 Å². The highest BCUT2D eigenvalue weighted by Gasteiger charge is 2.14. The van der Waals surface area contributed by atoms with Crippen LogP contribution in [0.1, 0.15) is 11.1 Å². The van der Waals surface area contributed by atoms with E-state index in [0.717, 1.165) is 11.1 Å². The first-order chi connectivity index (χ1) is 10.1. The van der Waals surface area contributed by atoms with E-state index in [2.05, 4.69) is 5.32 Å². The minimum absolute atomic E-state index is 0.114. The normalized spacial score (nSPS) is 10.5. The monoisotopic (exact) mass is 282 g/mol. The van der Waals surface area contributed by atoms with Crippen LogP contribution in [-0.2, 0) is 4.79 Å². The summed E-state index contributed by atoms with van der Waals surface area (Å²) in [7, 11) is 0. The Morgan fingerprint density at radius 2 is 1.90 bits per heavy atom. The molecule has 5 heteroatoms. The molecule has 2 aromatic rings. The van der Waals surface area contributed by atoms with Crippen molar-refractivity contribution in [1.29, 1.82) is 0 Å². The molecule has 0 saturated heterocycles. The van der Waals surface area contributed by atoms with E-state index >= 15 is 0 Å². The van der Waals surface area contributed by atoms with E-state index in [9.17, 15) is 14.9 Å². The zero-order chi connectivity index (χ0) is 15.2. The van der Waals surface area contributed by atoms with Gasteiger partial charge in [0.25, 0.3) is 5.69 Å². The van der Waals surface area contributed by atoms with Gasteiger partial charge in [-0.3, -0.25) is 14.9 Å². The van der Waals surface area contributed by atoms with E-state index in [1.807, 2.05) is 30.3 Å². The third kappa shape index (κ3) is 4.01. The topological polar surface area (TPSA) is 72.2 Å². The molecule has 0 atom stereocenters. The molecule has 0 aliphatic carbocycles. The number of nitro groups is 1. The Bertz CT molecular complexity index is 694. The molecule has 1 N–H and O–H groups in total. The fourth-order valence-corrected chi connectivity index (χ4v) is 1.81. The van der Waals surface area contributed by atoms with Gasteiger partial charge in [0.1, 0.15) is 5.69 Å². The Morgan fingerprint density at radius 1 is 1.19 bits per heavy atom. The molecule has 0 fully saturated rings. The minimum atomic E-state index is -0.510. The number of nitro benzene ring substituents is 1. The van der Waals surface area contributed by atoms with Crippen LogP contribution in [0.5, 0.6) is 0 Å². The molecule has 2 aromatic carbocycles. The molecule has 2 rings (SSSR count). The number of benzene rings is 2. The van der Waals surface area contributed by atoms with Gasteiger partial charge >= 0.3 is 0 Å². The summed E-state index contributed by atoms with van der Waals surface area (Å²) in [5.74, 6) is -0.411. The largest absolute Gasteiger partial charge is 0.317 e. The van der Waals surface area contributed by atoms with Gasteiger partial charge in [0.05, 0.1) is 4.92 Å². The molecular weight excluding hydrogens is 268 g/mol. The van der Waals surface area contributed by atoms with Gasteiger partial charge in [-0.25, -0.2) is 0 Å². The highest BCUT2D eigenvalue weighted by molar-refractivity contribution is 6.03. The van der Waals surface area contributed by atoms with Gasteiger partial charge in [-0.05, 0) is 30.2 Å². The van der Waals surface area contributed by atoms with E-state index in [-0.39, 0.29) is 11.4 Å². The van der Waals surface area contributed by atoms with E-state index in [1.54, 1.807) is 19.1 Å². The third-order valence-electron chi connectivity index (χ3n) is 2.83. The van der Waals surface area contributed by atoms with Crippen molar-refractivity contribution in [2.24, 2.45) is 0 Å². The van der Waals surface area contributed by atoms with Crippen LogP contribution >= 0.6 is 0 Å². The second-order valence-corrected chi connectivity index (χ2v) is 4.51. The number of nitrogens with zero attached hydrogens (tertiary/aromatic N) is 1. The summed E-state index contributed by atoms with van der Waals surface area (Å²) in [5, 5.41) is 13.5. The lowest BCUT2D eigenvalue weighted by molar-refractivity contribution is -0.384. The van der Waals surface area contributed by atoms with Crippen molar-refractivity contribution in [3.8, 4) is 0 Å². The first-order valence-electron chi connectivity index (χ1n) is 6.35. The van der Waals surface area contributed by atoms with Crippen LogP contribution in [-0.4, -0.2) is 10.8 Å². The molecule has 0 aromatic heterocycles. The summed E-state index contributed by atoms with van der Waals surface area (Å²) in [4.78, 5) is 22.3. The number of rotatable bonds is 4. The number of aryl methyl sites for hydroxylation is 1. The second kappa shape index (κ2) is 6.47. The number of carbonyl (C=O) groups is 1. The molecule has 106 valence electrons. The maximum Gasteiger partial charge on any atom is 0.293 e. The number of carbonyl (C=O) groups excluding carboxylic acids is 1. The number of hydrogen-bond donors (Lipinski definition) is 1. The van der Waals surface area contributed by atoms with Crippen molar-refractivity contribution in [2.75, 3.05) is 5.32 Å². The van der Waals surface area contributed by atoms with Gasteiger partial charge in [-0.2, -0.15) is 0 Å². The third-order valence-corrected chi connectivity index (χ3v) is 2.83. The summed E-state index contributed by atoms with van der Waals surface area (Å²) in [5.41, 5.74) is 1.72. The Balaban J connectivity index is 2.13. The van der Waals surface area contributed by atoms with E-state index in [4.69, 9.17) is 0 Å². The van der Waals surface area contributed by atoms with Crippen LogP contribution in [0.25, 0.3) is 6.08 Å². The van der Waals surface area contributed by atoms with Crippen molar-refractivity contribution in [3.63, 3.8) is 0 Å². The molecule has 0 spiro atoms. The summed E-state index contributed by atoms with van der Waals surface area (Å²) in [6.45, 7) is 1.76. The Kier molecular flexibility index (Phi) is 4.46. The molecule has 0 unspecified atom stereocenters. The van der Waals surface area contributed by atoms with Gasteiger partial charge in [-0.15, -0.1) is 0 Å². The van der Waals surface area contributed by atoms with E-state index in [0.29, 0.717) is 0 Å². The standard InChI is InChI=1S/C16H14N2O3/c1-12-7-9-14(15(11-12)18(20)21)17-16(19)10-8-13-5-3-2-4-6-13/h2-11H,1H3,(H,17,19). The van der Waals surface area contributed by atoms with E-state index < -0.39 is 10.8 Å². The van der Waals surface area contributed by atoms with Crippen molar-refractivity contribution < 1.29 is 9.72 Å². The van der Waals surface area contributed by atoms with Crippen molar-refractivity contribution in [3.05, 3.63) is 75.8 Å². The average Bonchev–Trinajstić information content (AvgIpc) is 2.48. The highest BCUT2D eigenvalue weighted by atomic mass is 16.6. The number of hydrogen-bond acceptors (Lipinski definition) is 3. The molecule has 0 saturated carbocycles. The van der Waals surface area contributed by atoms with Crippen LogP contribution < -0.4 is 5.32 Å². The maximum absolute atomic E-state index is 11.8. The summed E-state index contributed by atoms with van der Waals surface area (Å²) in [6.07, 6.45) is 2.99. The fourth-order valence-electron chi connectivity index (χ4n) is 1.81. The summed E-state index contributed by atoms with van der Waals surface area (Å²) in [6, 6.07) is 14.0. The lowest BCUT2D eigenvalue weighted by Crippen LogP contribution is -2.09. The molecule has 1 amide bonds. The second-order valence-electron chi connectivity index (χ2n) is 4.51. The Hall–Kier alpha value is -2.95. The predicted molar refractivity (Wildman–Crippen MR) is 81.9 cm³/mol. The molecule has 0 aliphatic rings. The fraction of sp³-hybridized carbons (Fsp3) is 0.0625. The van der Waals surface area contributed by atoms with Gasteiger partial charge in [-0.1, -0.05) is 36.4 Å². The summed E-state index contributed by atoms with van der Waals surface area (Å²) < 4.78 is 0. The molecule has 5 nitrogen and oxygen atoms in total. The van der Waals surface area contributed by atoms with Crippen LogP contribution in [0.15, 0.2) is 54.6 Å². The molecule has 21 heavy (non-hydrogen) atoms. The van der Waals surface area contributed by atoms with Crippen LogP contribution in [0, 0.1) is 17.0 Å². The Labute approximate surface area is 122 Å². The smallest absolute Gasteiger partial charge is 0.293 e. The molecule has 0 radical (unpaired) electrons. The zero-order valence-corrected chi connectivity index (χ0v) is 11.4. The van der Waals surface area contributed by atoms with Crippen LogP contribution in [0.3, 0.4) is 0 Å². The van der Waals surface area contributed by atoms with Crippen molar-refractivity contribution in [2.45, 2.75) is 6.92 Å². The quantitative estimate of drug-likeness (QED) is 0.529. The first kappa shape index (κ1) is 14.5. The zero-order valence-electron chi connectivity index (χ0n) is 11.4. The molecule has 0 heterocycles. The first-order valence-corrected chi connectivity index (χ1v) is 6.35. The SMILES string of the molecule is Cc1ccc(NC(=O)C=Cc2ccccc2)c([N+](=O)[O-])c1. The Morgan fingerprint density at radius 3 is 2.57 bits per heavy atom. The highest BCUT2D eigenvalue weighted by Crippen LogP contribution is 2.25. The molecule has 0 bridgehead atoms. The molecule has 0 aliphatic heterocycles. The minimum Gasteiger partial charge on any atom is -0.317 e. The van der Waals surface area contributed by atoms with Gasteiger partial charge in [0.2, 0.25) is 5.91 Å². The lowest BCUT2D eigenvalue weighted by Gasteiger charge is -2.04. The van der Waals surface area contributed by atoms with Gasteiger partial charge in [0, 0.05) is 12.1 Å². The van der Waals surface area contributed by atoms with Crippen molar-refractivity contribution in [1.82, 2.24) is 0 Å². The average molecular weight is 282 g/mol. The molecular formula is C16H14N2O3. The van der Waals surface area contributed by atoms with Crippen molar-refractivity contribution >= 4 is 23.4 Å². The maximum atomic E-state index is 11.8. The predicted octanol–water partition coefficient (Wildman–Crippen LogP) is 3.56. The number of nitrogens with one attached hydrogen (secondary N) is 1. The number of amides is 1. The van der Waals surface area contributed by atoms with Crippen LogP contribution in [0.2, 0.25) is 0 Å². The van der Waals surface area contributed by atoms with Crippen LogP contribution in [0.4, 0.5) is 11.4 Å². The summed E-state index contributed by atoms with van der Waals surface area (Å²) >= 11 is 0. The number of anilines is 1. The lowest BCUT2D eigenvalue weighted by atomic mass is 10.2.